The van der Waals surface area contributed by atoms with Crippen LogP contribution in [0.4, 0.5) is 17.1 Å². The van der Waals surface area contributed by atoms with E-state index < -0.39 is 0 Å². The van der Waals surface area contributed by atoms with E-state index in [9.17, 15) is 4.79 Å². The SMILES string of the molecule is COc1ccc(NC(=O)c2cc(Nc3ccc(Br)cc3)ccn2)cc1. The lowest BCUT2D eigenvalue weighted by molar-refractivity contribution is 0.102. The summed E-state index contributed by atoms with van der Waals surface area (Å²) in [6.45, 7) is 0. The Morgan fingerprint density at radius 3 is 2.32 bits per heavy atom. The number of amides is 1. The molecule has 0 aliphatic heterocycles. The lowest BCUT2D eigenvalue weighted by atomic mass is 10.2. The summed E-state index contributed by atoms with van der Waals surface area (Å²) in [7, 11) is 1.60. The number of carbonyl (C=O) groups excluding carboxylic acids is 1. The zero-order chi connectivity index (χ0) is 17.6. The summed E-state index contributed by atoms with van der Waals surface area (Å²) in [5.41, 5.74) is 2.73. The summed E-state index contributed by atoms with van der Waals surface area (Å²) in [5, 5.41) is 6.07. The molecule has 0 aliphatic carbocycles. The molecule has 2 aromatic carbocycles. The van der Waals surface area contributed by atoms with Crippen molar-refractivity contribution in [3.8, 4) is 5.75 Å². The van der Waals surface area contributed by atoms with Crippen LogP contribution in [-0.4, -0.2) is 18.0 Å². The van der Waals surface area contributed by atoms with Gasteiger partial charge < -0.3 is 15.4 Å². The molecule has 0 saturated carbocycles. The molecule has 6 heteroatoms. The van der Waals surface area contributed by atoms with Crippen molar-refractivity contribution in [1.82, 2.24) is 4.98 Å². The normalized spacial score (nSPS) is 10.2. The van der Waals surface area contributed by atoms with E-state index in [1.807, 2.05) is 30.3 Å². The number of carbonyl (C=O) groups is 1. The van der Waals surface area contributed by atoms with Crippen molar-refractivity contribution in [3.05, 3.63) is 77.0 Å². The summed E-state index contributed by atoms with van der Waals surface area (Å²) in [6, 6.07) is 18.4. The van der Waals surface area contributed by atoms with Crippen LogP contribution < -0.4 is 15.4 Å². The molecular weight excluding hydrogens is 382 g/mol. The first kappa shape index (κ1) is 17.0. The van der Waals surface area contributed by atoms with Crippen molar-refractivity contribution in [3.63, 3.8) is 0 Å². The van der Waals surface area contributed by atoms with Gasteiger partial charge in [-0.15, -0.1) is 0 Å². The standard InChI is InChI=1S/C19H16BrN3O2/c1-25-17-8-6-15(7-9-17)23-19(24)18-12-16(10-11-21-18)22-14-4-2-13(20)3-5-14/h2-12H,1H3,(H,21,22)(H,23,24). The van der Waals surface area contributed by atoms with Crippen LogP contribution in [0.25, 0.3) is 0 Å². The highest BCUT2D eigenvalue weighted by Crippen LogP contribution is 2.20. The predicted octanol–water partition coefficient (Wildman–Crippen LogP) is 4.85. The summed E-state index contributed by atoms with van der Waals surface area (Å²) in [4.78, 5) is 16.5. The number of pyridine rings is 1. The second kappa shape index (κ2) is 7.81. The molecular formula is C19H16BrN3O2. The molecule has 0 unspecified atom stereocenters. The van der Waals surface area contributed by atoms with Crippen LogP contribution in [0.1, 0.15) is 10.5 Å². The molecule has 0 radical (unpaired) electrons. The molecule has 1 heterocycles. The zero-order valence-electron chi connectivity index (χ0n) is 13.5. The van der Waals surface area contributed by atoms with E-state index in [1.54, 1.807) is 43.6 Å². The van der Waals surface area contributed by atoms with E-state index in [0.717, 1.165) is 21.6 Å². The van der Waals surface area contributed by atoms with Gasteiger partial charge in [-0.05, 0) is 60.7 Å². The van der Waals surface area contributed by atoms with Gasteiger partial charge in [-0.1, -0.05) is 15.9 Å². The summed E-state index contributed by atoms with van der Waals surface area (Å²) in [6.07, 6.45) is 1.60. The largest absolute Gasteiger partial charge is 0.497 e. The van der Waals surface area contributed by atoms with Gasteiger partial charge in [0.2, 0.25) is 0 Å². The van der Waals surface area contributed by atoms with E-state index in [1.165, 1.54) is 0 Å². The molecule has 5 nitrogen and oxygen atoms in total. The van der Waals surface area contributed by atoms with Gasteiger partial charge in [-0.3, -0.25) is 9.78 Å². The molecule has 0 aliphatic rings. The zero-order valence-corrected chi connectivity index (χ0v) is 15.1. The Morgan fingerprint density at radius 2 is 1.64 bits per heavy atom. The number of aromatic nitrogens is 1. The number of ether oxygens (including phenoxy) is 1. The van der Waals surface area contributed by atoms with Gasteiger partial charge in [0.05, 0.1) is 7.11 Å². The molecule has 1 amide bonds. The lowest BCUT2D eigenvalue weighted by Crippen LogP contribution is -2.13. The molecule has 0 fully saturated rings. The quantitative estimate of drug-likeness (QED) is 0.645. The van der Waals surface area contributed by atoms with E-state index in [-0.39, 0.29) is 5.91 Å². The second-order valence-corrected chi connectivity index (χ2v) is 6.16. The minimum atomic E-state index is -0.273. The molecule has 0 atom stereocenters. The highest BCUT2D eigenvalue weighted by Gasteiger charge is 2.09. The minimum Gasteiger partial charge on any atom is -0.497 e. The third-order valence-corrected chi connectivity index (χ3v) is 4.00. The van der Waals surface area contributed by atoms with Crippen molar-refractivity contribution in [2.45, 2.75) is 0 Å². The van der Waals surface area contributed by atoms with Gasteiger partial charge in [-0.25, -0.2) is 0 Å². The molecule has 0 spiro atoms. The van der Waals surface area contributed by atoms with Gasteiger partial charge in [0.15, 0.2) is 0 Å². The number of halogens is 1. The van der Waals surface area contributed by atoms with E-state index in [4.69, 9.17) is 4.74 Å². The number of rotatable bonds is 5. The molecule has 2 N–H and O–H groups in total. The summed E-state index contributed by atoms with van der Waals surface area (Å²) in [5.74, 6) is 0.460. The topological polar surface area (TPSA) is 63.2 Å². The fourth-order valence-corrected chi connectivity index (χ4v) is 2.47. The first-order valence-electron chi connectivity index (χ1n) is 7.58. The average Bonchev–Trinajstić information content (AvgIpc) is 2.64. The van der Waals surface area contributed by atoms with E-state index in [0.29, 0.717) is 11.4 Å². The number of benzene rings is 2. The van der Waals surface area contributed by atoms with Gasteiger partial charge in [-0.2, -0.15) is 0 Å². The molecule has 3 rings (SSSR count). The number of hydrogen-bond donors (Lipinski definition) is 2. The van der Waals surface area contributed by atoms with E-state index >= 15 is 0 Å². The van der Waals surface area contributed by atoms with Crippen LogP contribution in [0.15, 0.2) is 71.3 Å². The van der Waals surface area contributed by atoms with Crippen LogP contribution in [0, 0.1) is 0 Å². The maximum absolute atomic E-state index is 12.4. The van der Waals surface area contributed by atoms with Crippen LogP contribution in [0.5, 0.6) is 5.75 Å². The highest BCUT2D eigenvalue weighted by molar-refractivity contribution is 9.10. The lowest BCUT2D eigenvalue weighted by Gasteiger charge is -2.09. The fraction of sp³-hybridized carbons (Fsp3) is 0.0526. The first-order chi connectivity index (χ1) is 12.1. The Morgan fingerprint density at radius 1 is 0.960 bits per heavy atom. The molecule has 3 aromatic rings. The Labute approximate surface area is 154 Å². The van der Waals surface area contributed by atoms with Gasteiger partial charge in [0.1, 0.15) is 11.4 Å². The van der Waals surface area contributed by atoms with Gasteiger partial charge in [0, 0.05) is 27.7 Å². The molecule has 1 aromatic heterocycles. The highest BCUT2D eigenvalue weighted by atomic mass is 79.9. The molecule has 126 valence electrons. The number of nitrogens with zero attached hydrogens (tertiary/aromatic N) is 1. The van der Waals surface area contributed by atoms with Crippen molar-refractivity contribution in [1.29, 1.82) is 0 Å². The predicted molar refractivity (Wildman–Crippen MR) is 103 cm³/mol. The van der Waals surface area contributed by atoms with Crippen molar-refractivity contribution in [2.75, 3.05) is 17.7 Å². The first-order valence-corrected chi connectivity index (χ1v) is 8.37. The third kappa shape index (κ3) is 4.58. The Balaban J connectivity index is 1.71. The van der Waals surface area contributed by atoms with E-state index in [2.05, 4.69) is 31.5 Å². The summed E-state index contributed by atoms with van der Waals surface area (Å²) < 4.78 is 6.11. The van der Waals surface area contributed by atoms with Crippen molar-refractivity contribution in [2.24, 2.45) is 0 Å². The molecule has 25 heavy (non-hydrogen) atoms. The fourth-order valence-electron chi connectivity index (χ4n) is 2.20. The smallest absolute Gasteiger partial charge is 0.274 e. The van der Waals surface area contributed by atoms with Gasteiger partial charge in [0.25, 0.3) is 5.91 Å². The van der Waals surface area contributed by atoms with Crippen LogP contribution in [0.3, 0.4) is 0 Å². The minimum absolute atomic E-state index is 0.273. The van der Waals surface area contributed by atoms with Crippen molar-refractivity contribution >= 4 is 38.9 Å². The summed E-state index contributed by atoms with van der Waals surface area (Å²) >= 11 is 3.40. The van der Waals surface area contributed by atoms with Gasteiger partial charge >= 0.3 is 0 Å². The molecule has 0 saturated heterocycles. The van der Waals surface area contributed by atoms with Crippen LogP contribution >= 0.6 is 15.9 Å². The maximum Gasteiger partial charge on any atom is 0.274 e. The monoisotopic (exact) mass is 397 g/mol. The van der Waals surface area contributed by atoms with Crippen molar-refractivity contribution < 1.29 is 9.53 Å². The number of methoxy groups -OCH3 is 1. The number of nitrogens with one attached hydrogen (secondary N) is 2. The number of hydrogen-bond acceptors (Lipinski definition) is 4. The third-order valence-electron chi connectivity index (χ3n) is 3.47. The van der Waals surface area contributed by atoms with Crippen LogP contribution in [-0.2, 0) is 0 Å². The van der Waals surface area contributed by atoms with Crippen LogP contribution in [0.2, 0.25) is 0 Å². The number of anilines is 3. The Bertz CT molecular complexity index is 865. The second-order valence-electron chi connectivity index (χ2n) is 5.24. The maximum atomic E-state index is 12.4. The average molecular weight is 398 g/mol. The molecule has 0 bridgehead atoms. The Hall–Kier alpha value is -2.86. The Kier molecular flexibility index (Phi) is 5.30.